The monoisotopic (exact) mass is 219 g/mol. The summed E-state index contributed by atoms with van der Waals surface area (Å²) in [6, 6.07) is 4.38. The molecule has 0 fully saturated rings. The first-order valence-corrected chi connectivity index (χ1v) is 4.45. The number of para-hydroxylation sites is 1. The standard InChI is InChI=1S/C10H12F3NO/c1-6(2)7-4-3-5-8(9(7)14)15-10(11,12)13/h3-6H,14H2,1-2H3. The predicted octanol–water partition coefficient (Wildman–Crippen LogP) is 3.29. The Labute approximate surface area is 85.8 Å². The van der Waals surface area contributed by atoms with Gasteiger partial charge in [0, 0.05) is 0 Å². The zero-order chi connectivity index (χ0) is 11.6. The van der Waals surface area contributed by atoms with Gasteiger partial charge in [0.1, 0.15) is 0 Å². The Hall–Kier alpha value is -1.39. The Morgan fingerprint density at radius 2 is 1.87 bits per heavy atom. The molecule has 1 aromatic rings. The lowest BCUT2D eigenvalue weighted by Crippen LogP contribution is -2.18. The van der Waals surface area contributed by atoms with Crippen molar-refractivity contribution in [3.63, 3.8) is 0 Å². The zero-order valence-corrected chi connectivity index (χ0v) is 8.43. The molecule has 0 unspecified atom stereocenters. The highest BCUT2D eigenvalue weighted by Gasteiger charge is 2.32. The second kappa shape index (κ2) is 4.00. The van der Waals surface area contributed by atoms with Crippen molar-refractivity contribution in [2.45, 2.75) is 26.1 Å². The predicted molar refractivity (Wildman–Crippen MR) is 51.6 cm³/mol. The van der Waals surface area contributed by atoms with E-state index in [1.54, 1.807) is 6.07 Å². The average molecular weight is 219 g/mol. The van der Waals surface area contributed by atoms with Crippen LogP contribution in [0.3, 0.4) is 0 Å². The largest absolute Gasteiger partial charge is 0.573 e. The summed E-state index contributed by atoms with van der Waals surface area (Å²) in [7, 11) is 0. The number of halogens is 3. The molecular formula is C10H12F3NO. The van der Waals surface area contributed by atoms with Crippen LogP contribution in [0.1, 0.15) is 25.3 Å². The normalized spacial score (nSPS) is 11.9. The van der Waals surface area contributed by atoms with Crippen molar-refractivity contribution in [1.82, 2.24) is 0 Å². The SMILES string of the molecule is CC(C)c1cccc(OC(F)(F)F)c1N. The fraction of sp³-hybridized carbons (Fsp3) is 0.400. The molecule has 0 amide bonds. The van der Waals surface area contributed by atoms with E-state index in [0.29, 0.717) is 5.56 Å². The molecule has 2 nitrogen and oxygen atoms in total. The van der Waals surface area contributed by atoms with E-state index >= 15 is 0 Å². The molecular weight excluding hydrogens is 207 g/mol. The van der Waals surface area contributed by atoms with Crippen LogP contribution >= 0.6 is 0 Å². The quantitative estimate of drug-likeness (QED) is 0.774. The van der Waals surface area contributed by atoms with Crippen molar-refractivity contribution >= 4 is 5.69 Å². The molecule has 0 aromatic heterocycles. The average Bonchev–Trinajstić information content (AvgIpc) is 2.05. The lowest BCUT2D eigenvalue weighted by atomic mass is 10.0. The third-order valence-corrected chi connectivity index (χ3v) is 1.95. The van der Waals surface area contributed by atoms with Crippen molar-refractivity contribution in [3.8, 4) is 5.75 Å². The van der Waals surface area contributed by atoms with E-state index in [1.165, 1.54) is 12.1 Å². The molecule has 0 aliphatic carbocycles. The van der Waals surface area contributed by atoms with Crippen LogP contribution < -0.4 is 10.5 Å². The topological polar surface area (TPSA) is 35.2 Å². The fourth-order valence-electron chi connectivity index (χ4n) is 1.28. The molecule has 0 aliphatic heterocycles. The molecule has 15 heavy (non-hydrogen) atoms. The van der Waals surface area contributed by atoms with Crippen LogP contribution in [0.5, 0.6) is 5.75 Å². The summed E-state index contributed by atoms with van der Waals surface area (Å²) in [4.78, 5) is 0. The van der Waals surface area contributed by atoms with E-state index in [1.807, 2.05) is 13.8 Å². The molecule has 0 aliphatic rings. The van der Waals surface area contributed by atoms with Gasteiger partial charge >= 0.3 is 6.36 Å². The molecule has 2 N–H and O–H groups in total. The fourth-order valence-corrected chi connectivity index (χ4v) is 1.28. The Morgan fingerprint density at radius 3 is 2.33 bits per heavy atom. The van der Waals surface area contributed by atoms with Crippen LogP contribution in [-0.2, 0) is 0 Å². The highest BCUT2D eigenvalue weighted by molar-refractivity contribution is 5.59. The van der Waals surface area contributed by atoms with Crippen molar-refractivity contribution in [1.29, 1.82) is 0 Å². The molecule has 1 rings (SSSR count). The van der Waals surface area contributed by atoms with Crippen molar-refractivity contribution in [3.05, 3.63) is 23.8 Å². The minimum Gasteiger partial charge on any atom is -0.404 e. The Morgan fingerprint density at radius 1 is 1.27 bits per heavy atom. The van der Waals surface area contributed by atoms with Gasteiger partial charge in [-0.3, -0.25) is 0 Å². The van der Waals surface area contributed by atoms with Crippen LogP contribution in [0.25, 0.3) is 0 Å². The summed E-state index contributed by atoms with van der Waals surface area (Å²) in [5.74, 6) is -0.282. The zero-order valence-electron chi connectivity index (χ0n) is 8.43. The van der Waals surface area contributed by atoms with Gasteiger partial charge in [-0.15, -0.1) is 13.2 Å². The van der Waals surface area contributed by atoms with E-state index in [2.05, 4.69) is 4.74 Å². The van der Waals surface area contributed by atoms with Crippen LogP contribution in [0, 0.1) is 0 Å². The maximum Gasteiger partial charge on any atom is 0.573 e. The first kappa shape index (κ1) is 11.7. The highest BCUT2D eigenvalue weighted by Crippen LogP contribution is 2.33. The van der Waals surface area contributed by atoms with Gasteiger partial charge in [0.2, 0.25) is 0 Å². The van der Waals surface area contributed by atoms with E-state index in [4.69, 9.17) is 5.73 Å². The Bertz CT molecular complexity index is 347. The van der Waals surface area contributed by atoms with Crippen LogP contribution in [0.15, 0.2) is 18.2 Å². The summed E-state index contributed by atoms with van der Waals surface area (Å²) in [5.41, 5.74) is 6.26. The summed E-state index contributed by atoms with van der Waals surface area (Å²) in [6.07, 6.45) is -4.70. The minimum atomic E-state index is -4.70. The number of hydrogen-bond donors (Lipinski definition) is 1. The first-order valence-electron chi connectivity index (χ1n) is 4.45. The molecule has 0 radical (unpaired) electrons. The smallest absolute Gasteiger partial charge is 0.404 e. The second-order valence-corrected chi connectivity index (χ2v) is 3.46. The number of hydrogen-bond acceptors (Lipinski definition) is 2. The summed E-state index contributed by atoms with van der Waals surface area (Å²) >= 11 is 0. The molecule has 0 heterocycles. The van der Waals surface area contributed by atoms with E-state index in [9.17, 15) is 13.2 Å². The summed E-state index contributed by atoms with van der Waals surface area (Å²) < 4.78 is 39.7. The van der Waals surface area contributed by atoms with Gasteiger partial charge in [-0.1, -0.05) is 26.0 Å². The van der Waals surface area contributed by atoms with Gasteiger partial charge in [0.05, 0.1) is 5.69 Å². The number of alkyl halides is 3. The maximum atomic E-state index is 12.0. The third kappa shape index (κ3) is 3.04. The number of nitrogens with two attached hydrogens (primary N) is 1. The van der Waals surface area contributed by atoms with Gasteiger partial charge in [-0.05, 0) is 17.5 Å². The molecule has 1 aromatic carbocycles. The molecule has 0 bridgehead atoms. The van der Waals surface area contributed by atoms with Crippen molar-refractivity contribution in [2.75, 3.05) is 5.73 Å². The number of ether oxygens (including phenoxy) is 1. The van der Waals surface area contributed by atoms with Crippen molar-refractivity contribution in [2.24, 2.45) is 0 Å². The summed E-state index contributed by atoms with van der Waals surface area (Å²) in [6.45, 7) is 3.70. The Balaban J connectivity index is 3.05. The molecule has 84 valence electrons. The molecule has 0 saturated carbocycles. The van der Waals surface area contributed by atoms with Crippen LogP contribution in [-0.4, -0.2) is 6.36 Å². The van der Waals surface area contributed by atoms with E-state index in [0.717, 1.165) is 0 Å². The second-order valence-electron chi connectivity index (χ2n) is 3.46. The van der Waals surface area contributed by atoms with Gasteiger partial charge < -0.3 is 10.5 Å². The first-order chi connectivity index (χ1) is 6.81. The minimum absolute atomic E-state index is 0.0461. The third-order valence-electron chi connectivity index (χ3n) is 1.95. The highest BCUT2D eigenvalue weighted by atomic mass is 19.4. The number of nitrogen functional groups attached to an aromatic ring is 1. The number of rotatable bonds is 2. The van der Waals surface area contributed by atoms with E-state index < -0.39 is 6.36 Å². The van der Waals surface area contributed by atoms with Crippen LogP contribution in [0.2, 0.25) is 0 Å². The van der Waals surface area contributed by atoms with E-state index in [-0.39, 0.29) is 17.4 Å². The van der Waals surface area contributed by atoms with Gasteiger partial charge in [0.25, 0.3) is 0 Å². The molecule has 5 heteroatoms. The maximum absolute atomic E-state index is 12.0. The lowest BCUT2D eigenvalue weighted by Gasteiger charge is -2.15. The van der Waals surface area contributed by atoms with Crippen molar-refractivity contribution < 1.29 is 17.9 Å². The lowest BCUT2D eigenvalue weighted by molar-refractivity contribution is -0.274. The molecule has 0 saturated heterocycles. The summed E-state index contributed by atoms with van der Waals surface area (Å²) in [5, 5.41) is 0. The number of anilines is 1. The molecule has 0 atom stereocenters. The molecule has 0 spiro atoms. The number of benzene rings is 1. The van der Waals surface area contributed by atoms with Gasteiger partial charge in [-0.25, -0.2) is 0 Å². The van der Waals surface area contributed by atoms with Crippen LogP contribution in [0.4, 0.5) is 18.9 Å². The van der Waals surface area contributed by atoms with Gasteiger partial charge in [0.15, 0.2) is 5.75 Å². The Kier molecular flexibility index (Phi) is 3.12. The van der Waals surface area contributed by atoms with Gasteiger partial charge in [-0.2, -0.15) is 0 Å².